The molecule has 0 amide bonds. The van der Waals surface area contributed by atoms with Crippen molar-refractivity contribution < 1.29 is 4.74 Å². The minimum atomic E-state index is -1.57. The molecule has 7 heteroatoms. The molecule has 0 aliphatic carbocycles. The van der Waals surface area contributed by atoms with E-state index in [0.29, 0.717) is 4.50 Å². The first-order valence-electron chi connectivity index (χ1n) is 5.97. The first-order valence-corrected chi connectivity index (χ1v) is 8.62. The number of benzene rings is 1. The maximum absolute atomic E-state index is 6.22. The van der Waals surface area contributed by atoms with Gasteiger partial charge in [-0.15, -0.1) is 0 Å². The third-order valence-corrected chi connectivity index (χ3v) is 6.80. The fourth-order valence-corrected chi connectivity index (χ4v) is 4.98. The van der Waals surface area contributed by atoms with Gasteiger partial charge < -0.3 is 15.2 Å². The number of rotatable bonds is 5. The number of hydrogen-bond acceptors (Lipinski definition) is 3. The number of halogens is 1. The van der Waals surface area contributed by atoms with E-state index in [1.807, 2.05) is 29.7 Å². The first-order chi connectivity index (χ1) is 9.55. The van der Waals surface area contributed by atoms with Gasteiger partial charge in [0.05, 0.1) is 7.11 Å². The highest BCUT2D eigenvalue weighted by Crippen LogP contribution is 2.51. The Morgan fingerprint density at radius 2 is 2.15 bits per heavy atom. The van der Waals surface area contributed by atoms with Crippen molar-refractivity contribution in [3.63, 3.8) is 0 Å². The largest absolute Gasteiger partial charge is 0.497 e. The molecule has 0 radical (unpaired) electrons. The molecule has 2 rings (SSSR count). The van der Waals surface area contributed by atoms with E-state index in [2.05, 4.69) is 9.71 Å². The average Bonchev–Trinajstić information content (AvgIpc) is 2.78. The van der Waals surface area contributed by atoms with Crippen molar-refractivity contribution in [1.29, 1.82) is 0 Å². The van der Waals surface area contributed by atoms with E-state index in [-0.39, 0.29) is 5.11 Å². The highest BCUT2D eigenvalue weighted by Gasteiger charge is 2.29. The van der Waals surface area contributed by atoms with Gasteiger partial charge in [-0.05, 0) is 41.7 Å². The van der Waals surface area contributed by atoms with Gasteiger partial charge in [-0.25, -0.2) is 4.99 Å². The quantitative estimate of drug-likeness (QED) is 0.815. The molecular formula is C13H16ClN3OS2. The van der Waals surface area contributed by atoms with Gasteiger partial charge in [0.2, 0.25) is 0 Å². The fourth-order valence-electron chi connectivity index (χ4n) is 1.87. The number of ether oxygens (including phenoxy) is 1. The van der Waals surface area contributed by atoms with Crippen LogP contribution in [0.3, 0.4) is 0 Å². The monoisotopic (exact) mass is 329 g/mol. The van der Waals surface area contributed by atoms with Gasteiger partial charge in [0, 0.05) is 12.0 Å². The van der Waals surface area contributed by atoms with E-state index >= 15 is 0 Å². The van der Waals surface area contributed by atoms with Crippen molar-refractivity contribution in [3.05, 3.63) is 41.4 Å². The zero-order valence-electron chi connectivity index (χ0n) is 11.0. The summed E-state index contributed by atoms with van der Waals surface area (Å²) < 4.78 is 8.80. The van der Waals surface area contributed by atoms with Crippen LogP contribution in [0, 0.1) is 0 Å². The molecule has 0 spiro atoms. The van der Waals surface area contributed by atoms with Crippen molar-refractivity contribution in [2.24, 2.45) is 10.7 Å². The summed E-state index contributed by atoms with van der Waals surface area (Å²) in [4.78, 5) is 4.12. The molecule has 4 nitrogen and oxygen atoms in total. The third-order valence-electron chi connectivity index (χ3n) is 2.92. The Labute approximate surface area is 130 Å². The van der Waals surface area contributed by atoms with Crippen molar-refractivity contribution in [2.45, 2.75) is 6.42 Å². The number of methoxy groups -OCH3 is 1. The van der Waals surface area contributed by atoms with Gasteiger partial charge in [0.1, 0.15) is 5.75 Å². The van der Waals surface area contributed by atoms with Crippen LogP contribution in [0.15, 0.2) is 40.9 Å². The summed E-state index contributed by atoms with van der Waals surface area (Å²) in [6, 6.07) is 7.96. The first kappa shape index (κ1) is 15.2. The van der Waals surface area contributed by atoms with Crippen molar-refractivity contribution in [1.82, 2.24) is 4.72 Å². The van der Waals surface area contributed by atoms with E-state index in [4.69, 9.17) is 34.3 Å². The van der Waals surface area contributed by atoms with Crippen molar-refractivity contribution in [2.75, 3.05) is 12.9 Å². The third kappa shape index (κ3) is 3.45. The second kappa shape index (κ2) is 6.47. The number of nitrogens with one attached hydrogen (secondary N) is 1. The minimum absolute atomic E-state index is 0.245. The molecule has 108 valence electrons. The summed E-state index contributed by atoms with van der Waals surface area (Å²) in [6.07, 6.45) is 2.56. The molecule has 1 aliphatic heterocycles. The summed E-state index contributed by atoms with van der Waals surface area (Å²) in [5.74, 6) is 1.65. The van der Waals surface area contributed by atoms with Crippen molar-refractivity contribution >= 4 is 43.6 Å². The van der Waals surface area contributed by atoms with Crippen LogP contribution in [-0.2, 0) is 6.42 Å². The molecule has 1 atom stereocenters. The van der Waals surface area contributed by atoms with Crippen LogP contribution in [0.2, 0.25) is 0 Å². The minimum Gasteiger partial charge on any atom is -0.497 e. The normalized spacial score (nSPS) is 23.8. The van der Waals surface area contributed by atoms with Gasteiger partial charge in [0.25, 0.3) is 0 Å². The number of aliphatic imine (C=N–C) groups is 1. The summed E-state index contributed by atoms with van der Waals surface area (Å²) in [7, 11) is 0.0870. The molecular weight excluding hydrogens is 314 g/mol. The molecule has 1 heterocycles. The number of nitrogens with two attached hydrogens (primary N) is 1. The van der Waals surface area contributed by atoms with Crippen LogP contribution in [0.5, 0.6) is 5.75 Å². The molecule has 3 N–H and O–H groups in total. The van der Waals surface area contributed by atoms with Crippen LogP contribution in [0.1, 0.15) is 5.56 Å². The average molecular weight is 330 g/mol. The lowest BCUT2D eigenvalue weighted by Crippen LogP contribution is -2.35. The van der Waals surface area contributed by atoms with Gasteiger partial charge in [0.15, 0.2) is 9.62 Å². The molecule has 1 aliphatic rings. The fraction of sp³-hybridized carbons (Fsp3) is 0.231. The van der Waals surface area contributed by atoms with Gasteiger partial charge in [-0.1, -0.05) is 33.9 Å². The van der Waals surface area contributed by atoms with Gasteiger partial charge in [-0.3, -0.25) is 0 Å². The predicted octanol–water partition coefficient (Wildman–Crippen LogP) is 2.87. The molecule has 20 heavy (non-hydrogen) atoms. The highest BCUT2D eigenvalue weighted by molar-refractivity contribution is 8.48. The second-order valence-corrected chi connectivity index (χ2v) is 8.11. The Bertz CT molecular complexity index is 559. The lowest BCUT2D eigenvalue weighted by molar-refractivity contribution is 0.414. The predicted molar refractivity (Wildman–Crippen MR) is 91.5 cm³/mol. The van der Waals surface area contributed by atoms with Gasteiger partial charge >= 0.3 is 0 Å². The van der Waals surface area contributed by atoms with E-state index < -0.39 is 10.2 Å². The van der Waals surface area contributed by atoms with Crippen LogP contribution in [-0.4, -0.2) is 22.5 Å². The zero-order chi connectivity index (χ0) is 14.6. The molecule has 1 aromatic rings. The molecule has 0 fully saturated rings. The Kier molecular flexibility index (Phi) is 4.91. The maximum atomic E-state index is 6.22. The molecule has 0 saturated heterocycles. The van der Waals surface area contributed by atoms with E-state index in [1.165, 1.54) is 5.56 Å². The second-order valence-electron chi connectivity index (χ2n) is 4.23. The topological polar surface area (TPSA) is 59.6 Å². The summed E-state index contributed by atoms with van der Waals surface area (Å²) in [5, 5.41) is 2.22. The lowest BCUT2D eigenvalue weighted by Gasteiger charge is -2.33. The number of aryl methyl sites for hydroxylation is 1. The van der Waals surface area contributed by atoms with E-state index in [0.717, 1.165) is 17.9 Å². The molecule has 1 unspecified atom stereocenters. The SMILES string of the molecule is COc1ccc(CCS2(NC(N)=S)C=CN=C2Cl)cc1. The molecule has 0 saturated carbocycles. The molecule has 0 aromatic heterocycles. The molecule has 1 aromatic carbocycles. The Morgan fingerprint density at radius 1 is 1.45 bits per heavy atom. The van der Waals surface area contributed by atoms with Crippen LogP contribution >= 0.6 is 34.0 Å². The lowest BCUT2D eigenvalue weighted by atomic mass is 10.2. The Balaban J connectivity index is 2.07. The Hall–Kier alpha value is -1.24. The summed E-state index contributed by atoms with van der Waals surface area (Å²) in [6.45, 7) is 0. The van der Waals surface area contributed by atoms with Crippen LogP contribution < -0.4 is 15.2 Å². The standard InChI is InChI=1S/C13H16ClN3OS2/c1-18-11-4-2-10(3-5-11)6-8-20(17-13(15)19)9-7-16-12(20)14/h2-5,7,9H,6,8H2,1H3,(H3,15,17,19). The van der Waals surface area contributed by atoms with E-state index in [9.17, 15) is 0 Å². The number of nitrogens with zero attached hydrogens (tertiary/aromatic N) is 1. The maximum Gasteiger partial charge on any atom is 0.173 e. The van der Waals surface area contributed by atoms with E-state index in [1.54, 1.807) is 13.3 Å². The van der Waals surface area contributed by atoms with Crippen LogP contribution in [0.4, 0.5) is 0 Å². The zero-order valence-corrected chi connectivity index (χ0v) is 13.4. The van der Waals surface area contributed by atoms with Crippen LogP contribution in [0.25, 0.3) is 0 Å². The van der Waals surface area contributed by atoms with Crippen molar-refractivity contribution in [3.8, 4) is 5.75 Å². The number of hydrogen-bond donors (Lipinski definition) is 2. The van der Waals surface area contributed by atoms with Gasteiger partial charge in [-0.2, -0.15) is 0 Å². The Morgan fingerprint density at radius 3 is 2.65 bits per heavy atom. The summed E-state index contributed by atoms with van der Waals surface area (Å²) >= 11 is 11.2. The smallest absolute Gasteiger partial charge is 0.173 e. The number of thiocarbonyl (C=S) groups is 1. The highest BCUT2D eigenvalue weighted by atomic mass is 35.5. The summed E-state index contributed by atoms with van der Waals surface area (Å²) in [5.41, 5.74) is 6.80. The molecule has 0 bridgehead atoms.